The van der Waals surface area contributed by atoms with Crippen molar-refractivity contribution in [3.63, 3.8) is 0 Å². The summed E-state index contributed by atoms with van der Waals surface area (Å²) in [5, 5.41) is 0. The minimum Gasteiger partial charge on any atom is -0.328 e. The summed E-state index contributed by atoms with van der Waals surface area (Å²) >= 11 is 0. The first-order valence-corrected chi connectivity index (χ1v) is 4.62. The third-order valence-electron chi connectivity index (χ3n) is 3.33. The lowest BCUT2D eigenvalue weighted by Gasteiger charge is -2.29. The molecule has 3 atom stereocenters. The molecule has 0 amide bonds. The van der Waals surface area contributed by atoms with Crippen molar-refractivity contribution < 1.29 is 0 Å². The van der Waals surface area contributed by atoms with Gasteiger partial charge in [-0.2, -0.15) is 0 Å². The molecule has 0 aromatic heterocycles. The Morgan fingerprint density at radius 3 is 2.60 bits per heavy atom. The lowest BCUT2D eigenvalue weighted by Crippen LogP contribution is -2.30. The lowest BCUT2D eigenvalue weighted by atomic mass is 9.79. The van der Waals surface area contributed by atoms with Crippen molar-refractivity contribution in [1.29, 1.82) is 0 Å². The quantitative estimate of drug-likeness (QED) is 0.545. The van der Waals surface area contributed by atoms with Crippen LogP contribution >= 0.6 is 0 Å². The van der Waals surface area contributed by atoms with E-state index in [4.69, 9.17) is 5.73 Å². The van der Waals surface area contributed by atoms with E-state index in [-0.39, 0.29) is 0 Å². The van der Waals surface area contributed by atoms with E-state index in [1.165, 1.54) is 38.5 Å². The molecular formula is C9H17N. The molecule has 0 aromatic carbocycles. The summed E-state index contributed by atoms with van der Waals surface area (Å²) in [6, 6.07) is 0.541. The van der Waals surface area contributed by atoms with Crippen LogP contribution in [0.4, 0.5) is 0 Å². The van der Waals surface area contributed by atoms with Crippen LogP contribution in [0.3, 0.4) is 0 Å². The second-order valence-electron chi connectivity index (χ2n) is 4.02. The molecule has 2 N–H and O–H groups in total. The van der Waals surface area contributed by atoms with Gasteiger partial charge in [0.15, 0.2) is 0 Å². The molecule has 2 aliphatic carbocycles. The van der Waals surface area contributed by atoms with E-state index in [1.54, 1.807) is 0 Å². The van der Waals surface area contributed by atoms with Crippen LogP contribution in [-0.4, -0.2) is 6.04 Å². The average molecular weight is 139 g/mol. The molecule has 0 saturated heterocycles. The van der Waals surface area contributed by atoms with E-state index in [0.717, 1.165) is 11.8 Å². The van der Waals surface area contributed by atoms with Crippen molar-refractivity contribution in [3.05, 3.63) is 0 Å². The van der Waals surface area contributed by atoms with E-state index in [2.05, 4.69) is 0 Å². The van der Waals surface area contributed by atoms with Gasteiger partial charge >= 0.3 is 0 Å². The monoisotopic (exact) mass is 139 g/mol. The van der Waals surface area contributed by atoms with Crippen LogP contribution in [0, 0.1) is 11.8 Å². The Morgan fingerprint density at radius 2 is 1.70 bits per heavy atom. The van der Waals surface area contributed by atoms with Gasteiger partial charge in [-0.05, 0) is 31.1 Å². The van der Waals surface area contributed by atoms with E-state index < -0.39 is 0 Å². The van der Waals surface area contributed by atoms with Gasteiger partial charge in [0, 0.05) is 6.04 Å². The van der Waals surface area contributed by atoms with E-state index in [0.29, 0.717) is 6.04 Å². The summed E-state index contributed by atoms with van der Waals surface area (Å²) in [7, 11) is 0. The molecule has 0 spiro atoms. The molecule has 2 aliphatic rings. The highest BCUT2D eigenvalue weighted by atomic mass is 14.6. The second-order valence-corrected chi connectivity index (χ2v) is 4.02. The lowest BCUT2D eigenvalue weighted by molar-refractivity contribution is 0.251. The van der Waals surface area contributed by atoms with Gasteiger partial charge in [-0.25, -0.2) is 0 Å². The minimum atomic E-state index is 0.541. The summed E-state index contributed by atoms with van der Waals surface area (Å²) in [5.41, 5.74) is 5.89. The zero-order chi connectivity index (χ0) is 6.97. The number of nitrogens with two attached hydrogens (primary N) is 1. The van der Waals surface area contributed by atoms with Crippen molar-refractivity contribution in [2.24, 2.45) is 17.6 Å². The Morgan fingerprint density at radius 1 is 0.900 bits per heavy atom. The van der Waals surface area contributed by atoms with Crippen molar-refractivity contribution in [1.82, 2.24) is 0 Å². The first kappa shape index (κ1) is 6.66. The fourth-order valence-electron chi connectivity index (χ4n) is 2.74. The third kappa shape index (κ3) is 1.07. The maximum atomic E-state index is 5.89. The SMILES string of the molecule is NC1CC[C@H]2CCC[C@H]2C1. The van der Waals surface area contributed by atoms with Gasteiger partial charge in [0.2, 0.25) is 0 Å². The summed E-state index contributed by atoms with van der Waals surface area (Å²) in [4.78, 5) is 0. The Kier molecular flexibility index (Phi) is 1.69. The number of rotatable bonds is 0. The van der Waals surface area contributed by atoms with Gasteiger partial charge in [-0.15, -0.1) is 0 Å². The summed E-state index contributed by atoms with van der Waals surface area (Å²) in [6.45, 7) is 0. The summed E-state index contributed by atoms with van der Waals surface area (Å²) in [6.07, 6.45) is 8.48. The van der Waals surface area contributed by atoms with Crippen LogP contribution in [0.2, 0.25) is 0 Å². The number of fused-ring (bicyclic) bond motifs is 1. The molecule has 1 heteroatoms. The summed E-state index contributed by atoms with van der Waals surface area (Å²) < 4.78 is 0. The Balaban J connectivity index is 1.96. The van der Waals surface area contributed by atoms with Crippen molar-refractivity contribution in [2.45, 2.75) is 44.6 Å². The maximum Gasteiger partial charge on any atom is 0.00416 e. The predicted octanol–water partition coefficient (Wildman–Crippen LogP) is 1.91. The van der Waals surface area contributed by atoms with Crippen molar-refractivity contribution in [2.75, 3.05) is 0 Å². The zero-order valence-corrected chi connectivity index (χ0v) is 6.55. The van der Waals surface area contributed by atoms with Gasteiger partial charge in [0.25, 0.3) is 0 Å². The molecule has 1 unspecified atom stereocenters. The molecule has 10 heavy (non-hydrogen) atoms. The van der Waals surface area contributed by atoms with E-state index >= 15 is 0 Å². The summed E-state index contributed by atoms with van der Waals surface area (Å²) in [5.74, 6) is 2.09. The van der Waals surface area contributed by atoms with Gasteiger partial charge in [-0.1, -0.05) is 19.3 Å². The molecule has 0 aromatic rings. The highest BCUT2D eigenvalue weighted by Crippen LogP contribution is 2.41. The van der Waals surface area contributed by atoms with Crippen molar-refractivity contribution >= 4 is 0 Å². The second kappa shape index (κ2) is 2.54. The van der Waals surface area contributed by atoms with E-state index in [9.17, 15) is 0 Å². The predicted molar refractivity (Wildman–Crippen MR) is 42.7 cm³/mol. The van der Waals surface area contributed by atoms with Gasteiger partial charge in [-0.3, -0.25) is 0 Å². The fraction of sp³-hybridized carbons (Fsp3) is 1.00. The molecule has 2 saturated carbocycles. The fourth-order valence-corrected chi connectivity index (χ4v) is 2.74. The standard InChI is InChI=1S/C9H17N/c10-9-5-4-7-2-1-3-8(7)6-9/h7-9H,1-6,10H2/t7-,8+,9?/m1/s1. The Labute approximate surface area is 63.0 Å². The van der Waals surface area contributed by atoms with Crippen LogP contribution in [0.5, 0.6) is 0 Å². The van der Waals surface area contributed by atoms with Crippen molar-refractivity contribution in [3.8, 4) is 0 Å². The molecule has 58 valence electrons. The molecule has 2 rings (SSSR count). The molecule has 0 aliphatic heterocycles. The minimum absolute atomic E-state index is 0.541. The van der Waals surface area contributed by atoms with Gasteiger partial charge in [0.1, 0.15) is 0 Å². The number of hydrogen-bond donors (Lipinski definition) is 1. The molecule has 2 fully saturated rings. The molecular weight excluding hydrogens is 122 g/mol. The molecule has 1 nitrogen and oxygen atoms in total. The molecule has 0 radical (unpaired) electrons. The van der Waals surface area contributed by atoms with Crippen LogP contribution in [0.1, 0.15) is 38.5 Å². The van der Waals surface area contributed by atoms with Gasteiger partial charge in [0.05, 0.1) is 0 Å². The smallest absolute Gasteiger partial charge is 0.00416 e. The Hall–Kier alpha value is -0.0400. The van der Waals surface area contributed by atoms with Gasteiger partial charge < -0.3 is 5.73 Å². The zero-order valence-electron chi connectivity index (χ0n) is 6.55. The third-order valence-corrected chi connectivity index (χ3v) is 3.33. The highest BCUT2D eigenvalue weighted by molar-refractivity contribution is 4.85. The van der Waals surface area contributed by atoms with Crippen LogP contribution in [0.15, 0.2) is 0 Å². The van der Waals surface area contributed by atoms with Crippen LogP contribution in [0.25, 0.3) is 0 Å². The molecule has 0 heterocycles. The average Bonchev–Trinajstić information content (AvgIpc) is 2.33. The Bertz CT molecular complexity index is 122. The molecule has 0 bridgehead atoms. The first-order valence-electron chi connectivity index (χ1n) is 4.62. The van der Waals surface area contributed by atoms with Crippen LogP contribution in [-0.2, 0) is 0 Å². The highest BCUT2D eigenvalue weighted by Gasteiger charge is 2.32. The maximum absolute atomic E-state index is 5.89. The normalized spacial score (nSPS) is 47.1. The van der Waals surface area contributed by atoms with E-state index in [1.807, 2.05) is 0 Å². The topological polar surface area (TPSA) is 26.0 Å². The largest absolute Gasteiger partial charge is 0.328 e. The first-order chi connectivity index (χ1) is 4.86. The number of hydrogen-bond acceptors (Lipinski definition) is 1. The van der Waals surface area contributed by atoms with Crippen LogP contribution < -0.4 is 5.73 Å².